The van der Waals surface area contributed by atoms with Gasteiger partial charge in [-0.2, -0.15) is 0 Å². The fourth-order valence-electron chi connectivity index (χ4n) is 2.14. The molecule has 0 spiro atoms. The first-order valence-electron chi connectivity index (χ1n) is 6.70. The Bertz CT molecular complexity index is 1010. The standard InChI is InChI=1S/C15H11BrN2O4S2/c1-9-13(16)14(22-17-9)18-24(20,21)15-12(6-7-23-15)11-5-3-2-4-10(11)8-19/h2-8,18H,1H3. The van der Waals surface area contributed by atoms with Crippen molar-refractivity contribution in [3.8, 4) is 11.1 Å². The van der Waals surface area contributed by atoms with Gasteiger partial charge in [-0.25, -0.2) is 13.1 Å². The molecule has 0 aliphatic heterocycles. The summed E-state index contributed by atoms with van der Waals surface area (Å²) in [7, 11) is -3.89. The highest BCUT2D eigenvalue weighted by molar-refractivity contribution is 9.10. The third-order valence-corrected chi connectivity index (χ3v) is 7.02. The maximum absolute atomic E-state index is 12.7. The van der Waals surface area contributed by atoms with Crippen LogP contribution in [0.15, 0.2) is 48.9 Å². The SMILES string of the molecule is Cc1noc(NS(=O)(=O)c2sccc2-c2ccccc2C=O)c1Br. The van der Waals surface area contributed by atoms with E-state index in [1.165, 1.54) is 0 Å². The summed E-state index contributed by atoms with van der Waals surface area (Å²) in [5, 5.41) is 5.36. The molecule has 3 rings (SSSR count). The fourth-order valence-corrected chi connectivity index (χ4v) is 4.89. The van der Waals surface area contributed by atoms with Crippen molar-refractivity contribution in [3.05, 3.63) is 51.4 Å². The molecule has 6 nitrogen and oxygen atoms in total. The Labute approximate surface area is 150 Å². The molecule has 2 aromatic heterocycles. The Morgan fingerprint density at radius 2 is 2.00 bits per heavy atom. The number of hydrogen-bond acceptors (Lipinski definition) is 6. The zero-order valence-electron chi connectivity index (χ0n) is 12.3. The number of carbonyl (C=O) groups is 1. The lowest BCUT2D eigenvalue weighted by atomic mass is 10.0. The predicted octanol–water partition coefficient (Wildman–Crippen LogP) is 4.09. The number of benzene rings is 1. The largest absolute Gasteiger partial charge is 0.336 e. The van der Waals surface area contributed by atoms with Crippen LogP contribution in [0.4, 0.5) is 5.88 Å². The van der Waals surface area contributed by atoms with Crippen molar-refractivity contribution in [1.29, 1.82) is 0 Å². The van der Waals surface area contributed by atoms with Crippen LogP contribution in [0.2, 0.25) is 0 Å². The van der Waals surface area contributed by atoms with Crippen LogP contribution in [-0.4, -0.2) is 19.9 Å². The Morgan fingerprint density at radius 3 is 2.67 bits per heavy atom. The van der Waals surface area contributed by atoms with Crippen LogP contribution in [0.5, 0.6) is 0 Å². The van der Waals surface area contributed by atoms with Crippen molar-refractivity contribution in [2.75, 3.05) is 4.72 Å². The second-order valence-corrected chi connectivity index (χ2v) is 8.43. The van der Waals surface area contributed by atoms with Crippen LogP contribution in [0, 0.1) is 6.92 Å². The molecule has 0 saturated heterocycles. The average molecular weight is 427 g/mol. The molecule has 1 N–H and O–H groups in total. The maximum atomic E-state index is 12.7. The number of halogens is 1. The first kappa shape index (κ1) is 16.9. The number of thiophene rings is 1. The van der Waals surface area contributed by atoms with Crippen molar-refractivity contribution in [2.45, 2.75) is 11.1 Å². The van der Waals surface area contributed by atoms with E-state index in [4.69, 9.17) is 4.52 Å². The zero-order valence-corrected chi connectivity index (χ0v) is 15.5. The minimum absolute atomic E-state index is 0.00974. The van der Waals surface area contributed by atoms with Gasteiger partial charge in [0.25, 0.3) is 15.9 Å². The van der Waals surface area contributed by atoms with Crippen molar-refractivity contribution in [1.82, 2.24) is 5.16 Å². The van der Waals surface area contributed by atoms with E-state index in [0.29, 0.717) is 33.1 Å². The quantitative estimate of drug-likeness (QED) is 0.620. The van der Waals surface area contributed by atoms with Gasteiger partial charge in [0, 0.05) is 11.1 Å². The molecule has 24 heavy (non-hydrogen) atoms. The summed E-state index contributed by atoms with van der Waals surface area (Å²) in [6.07, 6.45) is 0.702. The van der Waals surface area contributed by atoms with Gasteiger partial charge < -0.3 is 4.52 Å². The molecule has 9 heteroatoms. The van der Waals surface area contributed by atoms with Gasteiger partial charge in [-0.3, -0.25) is 4.79 Å². The lowest BCUT2D eigenvalue weighted by Crippen LogP contribution is -2.12. The van der Waals surface area contributed by atoms with Gasteiger partial charge in [0.2, 0.25) is 0 Å². The number of rotatable bonds is 5. The highest BCUT2D eigenvalue weighted by atomic mass is 79.9. The van der Waals surface area contributed by atoms with Crippen molar-refractivity contribution in [3.63, 3.8) is 0 Å². The first-order valence-corrected chi connectivity index (χ1v) is 9.86. The number of carbonyl (C=O) groups excluding carboxylic acids is 1. The molecule has 0 amide bonds. The Hall–Kier alpha value is -1.97. The predicted molar refractivity (Wildman–Crippen MR) is 94.9 cm³/mol. The van der Waals surface area contributed by atoms with E-state index in [-0.39, 0.29) is 10.1 Å². The van der Waals surface area contributed by atoms with Gasteiger partial charge in [0.15, 0.2) is 6.29 Å². The average Bonchev–Trinajstić information content (AvgIpc) is 3.18. The van der Waals surface area contributed by atoms with Gasteiger partial charge in [0.05, 0.1) is 5.69 Å². The van der Waals surface area contributed by atoms with E-state index < -0.39 is 10.0 Å². The summed E-state index contributed by atoms with van der Waals surface area (Å²) in [6, 6.07) is 8.49. The number of aryl methyl sites for hydroxylation is 1. The van der Waals surface area contributed by atoms with Crippen LogP contribution in [0.1, 0.15) is 16.1 Å². The molecule has 0 atom stereocenters. The summed E-state index contributed by atoms with van der Waals surface area (Å²) in [5.41, 5.74) is 1.97. The third kappa shape index (κ3) is 3.02. The third-order valence-electron chi connectivity index (χ3n) is 3.27. The fraction of sp³-hybridized carbons (Fsp3) is 0.0667. The number of aromatic nitrogens is 1. The molecule has 0 bridgehead atoms. The summed E-state index contributed by atoms with van der Waals surface area (Å²) < 4.78 is 33.3. The minimum atomic E-state index is -3.89. The maximum Gasteiger partial charge on any atom is 0.274 e. The van der Waals surface area contributed by atoms with Crippen LogP contribution < -0.4 is 4.72 Å². The van der Waals surface area contributed by atoms with Crippen molar-refractivity contribution < 1.29 is 17.7 Å². The first-order chi connectivity index (χ1) is 11.4. The topological polar surface area (TPSA) is 89.3 Å². The van der Waals surface area contributed by atoms with Gasteiger partial charge in [-0.1, -0.05) is 29.4 Å². The molecule has 124 valence electrons. The van der Waals surface area contributed by atoms with Crippen LogP contribution in [0.25, 0.3) is 11.1 Å². The second kappa shape index (κ2) is 6.50. The van der Waals surface area contributed by atoms with Crippen molar-refractivity contribution >= 4 is 49.5 Å². The van der Waals surface area contributed by atoms with Crippen LogP contribution in [0.3, 0.4) is 0 Å². The van der Waals surface area contributed by atoms with Crippen LogP contribution in [-0.2, 0) is 10.0 Å². The van der Waals surface area contributed by atoms with E-state index in [1.54, 1.807) is 42.6 Å². The number of sulfonamides is 1. The molecule has 0 unspecified atom stereocenters. The number of nitrogens with one attached hydrogen (secondary N) is 1. The van der Waals surface area contributed by atoms with Crippen molar-refractivity contribution in [2.24, 2.45) is 0 Å². The molecule has 2 heterocycles. The Morgan fingerprint density at radius 1 is 1.25 bits per heavy atom. The molecule has 0 fully saturated rings. The number of nitrogens with zero attached hydrogens (tertiary/aromatic N) is 1. The lowest BCUT2D eigenvalue weighted by molar-refractivity contribution is 0.112. The van der Waals surface area contributed by atoms with Gasteiger partial charge in [-0.15, -0.1) is 11.3 Å². The number of anilines is 1. The molecule has 0 aliphatic carbocycles. The molecular weight excluding hydrogens is 416 g/mol. The molecular formula is C15H11BrN2O4S2. The highest BCUT2D eigenvalue weighted by Crippen LogP contribution is 2.36. The number of hydrogen-bond donors (Lipinski definition) is 1. The monoisotopic (exact) mass is 426 g/mol. The second-order valence-electron chi connectivity index (χ2n) is 4.84. The van der Waals surface area contributed by atoms with E-state index in [2.05, 4.69) is 25.8 Å². The Balaban J connectivity index is 2.06. The van der Waals surface area contributed by atoms with Crippen LogP contribution >= 0.6 is 27.3 Å². The molecule has 0 aliphatic rings. The van der Waals surface area contributed by atoms with E-state index in [1.807, 2.05) is 0 Å². The summed E-state index contributed by atoms with van der Waals surface area (Å²) in [4.78, 5) is 11.2. The summed E-state index contributed by atoms with van der Waals surface area (Å²) in [6.45, 7) is 1.68. The summed E-state index contributed by atoms with van der Waals surface area (Å²) >= 11 is 4.28. The summed E-state index contributed by atoms with van der Waals surface area (Å²) in [5.74, 6) is 0.00974. The highest BCUT2D eigenvalue weighted by Gasteiger charge is 2.25. The molecule has 3 aromatic rings. The van der Waals surface area contributed by atoms with E-state index in [0.717, 1.165) is 11.3 Å². The normalized spacial score (nSPS) is 11.4. The minimum Gasteiger partial charge on any atom is -0.336 e. The molecule has 0 saturated carbocycles. The van der Waals surface area contributed by atoms with Gasteiger partial charge in [0.1, 0.15) is 8.68 Å². The lowest BCUT2D eigenvalue weighted by Gasteiger charge is -2.08. The zero-order chi connectivity index (χ0) is 17.3. The van der Waals surface area contributed by atoms with Gasteiger partial charge in [-0.05, 0) is 39.9 Å². The molecule has 0 radical (unpaired) electrons. The Kier molecular flexibility index (Phi) is 4.57. The smallest absolute Gasteiger partial charge is 0.274 e. The van der Waals surface area contributed by atoms with Gasteiger partial charge >= 0.3 is 0 Å². The van der Waals surface area contributed by atoms with E-state index >= 15 is 0 Å². The number of aldehydes is 1. The van der Waals surface area contributed by atoms with E-state index in [9.17, 15) is 13.2 Å². The molecule has 1 aromatic carbocycles.